The first-order chi connectivity index (χ1) is 5.63. The third-order valence-electron chi connectivity index (χ3n) is 2.02. The fraction of sp³-hybridized carbons (Fsp3) is 0.667. The normalized spacial score (nSPS) is 28.4. The molecular weight excluding hydrogens is 152 g/mol. The van der Waals surface area contributed by atoms with Gasteiger partial charge in [-0.3, -0.25) is 0 Å². The first kappa shape index (κ1) is 8.92. The van der Waals surface area contributed by atoms with Gasteiger partial charge in [-0.05, 0) is 19.3 Å². The first-order valence-electron chi connectivity index (χ1n) is 4.16. The third-order valence-corrected chi connectivity index (χ3v) is 2.02. The second kappa shape index (κ2) is 3.48. The van der Waals surface area contributed by atoms with Crippen molar-refractivity contribution in [2.24, 2.45) is 5.92 Å². The molecule has 0 radical (unpaired) electrons. The van der Waals surface area contributed by atoms with E-state index in [1.54, 1.807) is 6.92 Å². The molecule has 0 spiro atoms. The molecule has 0 heterocycles. The molecule has 1 unspecified atom stereocenters. The zero-order chi connectivity index (χ0) is 9.14. The van der Waals surface area contributed by atoms with Crippen molar-refractivity contribution in [2.75, 3.05) is 0 Å². The van der Waals surface area contributed by atoms with Gasteiger partial charge in [0.05, 0.1) is 6.04 Å². The highest BCUT2D eigenvalue weighted by Crippen LogP contribution is 2.28. The molecule has 2 amide bonds. The lowest BCUT2D eigenvalue weighted by Crippen LogP contribution is -2.41. The fourth-order valence-corrected chi connectivity index (χ4v) is 0.972. The average Bonchev–Trinajstić information content (AvgIpc) is 2.66. The lowest BCUT2D eigenvalue weighted by Gasteiger charge is -2.08. The van der Waals surface area contributed by atoms with E-state index in [2.05, 4.69) is 23.5 Å². The van der Waals surface area contributed by atoms with Crippen molar-refractivity contribution in [1.29, 1.82) is 0 Å². The number of nitrogens with one attached hydrogen (secondary N) is 2. The lowest BCUT2D eigenvalue weighted by atomic mass is 10.4. The Morgan fingerprint density at radius 3 is 2.75 bits per heavy atom. The Morgan fingerprint density at radius 1 is 1.75 bits per heavy atom. The molecule has 1 saturated carbocycles. The second-order valence-electron chi connectivity index (χ2n) is 3.33. The number of hydrogen-bond donors (Lipinski definition) is 2. The predicted molar refractivity (Wildman–Crippen MR) is 47.5 cm³/mol. The Labute approximate surface area is 72.9 Å². The maximum Gasteiger partial charge on any atom is 0.315 e. The van der Waals surface area contributed by atoms with Crippen LogP contribution in [-0.2, 0) is 0 Å². The van der Waals surface area contributed by atoms with E-state index >= 15 is 0 Å². The summed E-state index contributed by atoms with van der Waals surface area (Å²) in [4.78, 5) is 11.1. The minimum Gasteiger partial charge on any atom is -0.335 e. The van der Waals surface area contributed by atoms with Crippen LogP contribution < -0.4 is 10.6 Å². The van der Waals surface area contributed by atoms with Crippen LogP contribution in [0.25, 0.3) is 0 Å². The number of urea groups is 1. The van der Waals surface area contributed by atoms with Crippen LogP contribution in [0.5, 0.6) is 0 Å². The Balaban J connectivity index is 2.17. The number of rotatable bonds is 2. The molecule has 0 saturated heterocycles. The van der Waals surface area contributed by atoms with Gasteiger partial charge in [0.1, 0.15) is 0 Å². The highest BCUT2D eigenvalue weighted by molar-refractivity contribution is 5.75. The molecular formula is C9H14N2O. The summed E-state index contributed by atoms with van der Waals surface area (Å²) in [5.41, 5.74) is 0. The molecule has 2 N–H and O–H groups in total. The standard InChI is InChI=1S/C9H14N2O/c1-4-7(3)10-9(12)11-8-5-6(8)2/h1,6-8H,5H2,2-3H3,(H2,10,11,12)/t6-,7?,8-/m1/s1. The summed E-state index contributed by atoms with van der Waals surface area (Å²) in [6.07, 6.45) is 6.18. The van der Waals surface area contributed by atoms with Gasteiger partial charge in [0.2, 0.25) is 0 Å². The van der Waals surface area contributed by atoms with E-state index in [-0.39, 0.29) is 12.1 Å². The summed E-state index contributed by atoms with van der Waals surface area (Å²) in [6, 6.07) is 0.00355. The van der Waals surface area contributed by atoms with Gasteiger partial charge in [0.25, 0.3) is 0 Å². The van der Waals surface area contributed by atoms with E-state index in [4.69, 9.17) is 6.42 Å². The molecule has 0 aromatic carbocycles. The number of hydrogen-bond acceptors (Lipinski definition) is 1. The zero-order valence-corrected chi connectivity index (χ0v) is 7.42. The van der Waals surface area contributed by atoms with Crippen LogP contribution >= 0.6 is 0 Å². The van der Waals surface area contributed by atoms with Gasteiger partial charge in [-0.1, -0.05) is 12.8 Å². The molecule has 1 rings (SSSR count). The van der Waals surface area contributed by atoms with E-state index in [0.29, 0.717) is 12.0 Å². The summed E-state index contributed by atoms with van der Waals surface area (Å²) in [6.45, 7) is 3.88. The Morgan fingerprint density at radius 2 is 2.33 bits per heavy atom. The van der Waals surface area contributed by atoms with E-state index < -0.39 is 0 Å². The van der Waals surface area contributed by atoms with Gasteiger partial charge in [0, 0.05) is 6.04 Å². The minimum absolute atomic E-state index is 0.158. The molecule has 12 heavy (non-hydrogen) atoms. The number of carbonyl (C=O) groups excluding carboxylic acids is 1. The third kappa shape index (κ3) is 2.46. The van der Waals surface area contributed by atoms with E-state index in [9.17, 15) is 4.79 Å². The highest BCUT2D eigenvalue weighted by Gasteiger charge is 2.33. The van der Waals surface area contributed by atoms with Crippen molar-refractivity contribution in [3.8, 4) is 12.3 Å². The number of terminal acetylenes is 1. The van der Waals surface area contributed by atoms with Crippen LogP contribution in [0.1, 0.15) is 20.3 Å². The Kier molecular flexibility index (Phi) is 2.59. The molecule has 3 atom stereocenters. The smallest absolute Gasteiger partial charge is 0.315 e. The predicted octanol–water partition coefficient (Wildman–Crippen LogP) is 0.716. The molecule has 0 aromatic rings. The van der Waals surface area contributed by atoms with Crippen molar-refractivity contribution in [1.82, 2.24) is 10.6 Å². The van der Waals surface area contributed by atoms with Crippen LogP contribution in [0, 0.1) is 18.3 Å². The lowest BCUT2D eigenvalue weighted by molar-refractivity contribution is 0.239. The molecule has 0 aromatic heterocycles. The highest BCUT2D eigenvalue weighted by atomic mass is 16.2. The Hall–Kier alpha value is -1.17. The minimum atomic E-state index is -0.195. The van der Waals surface area contributed by atoms with Crippen LogP contribution in [-0.4, -0.2) is 18.1 Å². The van der Waals surface area contributed by atoms with Gasteiger partial charge < -0.3 is 10.6 Å². The number of amides is 2. The van der Waals surface area contributed by atoms with Crippen molar-refractivity contribution < 1.29 is 4.79 Å². The maximum atomic E-state index is 11.1. The molecule has 0 aliphatic heterocycles. The van der Waals surface area contributed by atoms with Crippen LogP contribution in [0.4, 0.5) is 4.79 Å². The Bertz CT molecular complexity index is 219. The monoisotopic (exact) mass is 166 g/mol. The molecule has 1 fully saturated rings. The van der Waals surface area contributed by atoms with Gasteiger partial charge >= 0.3 is 6.03 Å². The van der Waals surface area contributed by atoms with Crippen LogP contribution in [0.3, 0.4) is 0 Å². The molecule has 3 nitrogen and oxygen atoms in total. The van der Waals surface area contributed by atoms with Gasteiger partial charge in [-0.25, -0.2) is 4.79 Å². The largest absolute Gasteiger partial charge is 0.335 e. The van der Waals surface area contributed by atoms with Gasteiger partial charge in [0.15, 0.2) is 0 Å². The quantitative estimate of drug-likeness (QED) is 0.583. The second-order valence-corrected chi connectivity index (χ2v) is 3.33. The molecule has 66 valence electrons. The van der Waals surface area contributed by atoms with E-state index in [0.717, 1.165) is 6.42 Å². The molecule has 3 heteroatoms. The van der Waals surface area contributed by atoms with Crippen molar-refractivity contribution >= 4 is 6.03 Å². The summed E-state index contributed by atoms with van der Waals surface area (Å²) in [5, 5.41) is 5.46. The summed E-state index contributed by atoms with van der Waals surface area (Å²) >= 11 is 0. The maximum absolute atomic E-state index is 11.1. The topological polar surface area (TPSA) is 41.1 Å². The van der Waals surface area contributed by atoms with Crippen LogP contribution in [0.2, 0.25) is 0 Å². The van der Waals surface area contributed by atoms with E-state index in [1.165, 1.54) is 0 Å². The molecule has 1 aliphatic rings. The molecule has 0 bridgehead atoms. The summed E-state index contributed by atoms with van der Waals surface area (Å²) < 4.78 is 0. The fourth-order valence-electron chi connectivity index (χ4n) is 0.972. The zero-order valence-electron chi connectivity index (χ0n) is 7.42. The van der Waals surface area contributed by atoms with Crippen molar-refractivity contribution in [2.45, 2.75) is 32.4 Å². The van der Waals surface area contributed by atoms with Crippen molar-refractivity contribution in [3.05, 3.63) is 0 Å². The van der Waals surface area contributed by atoms with Gasteiger partial charge in [-0.15, -0.1) is 6.42 Å². The summed E-state index contributed by atoms with van der Waals surface area (Å²) in [5.74, 6) is 3.05. The average molecular weight is 166 g/mol. The molecule has 1 aliphatic carbocycles. The first-order valence-corrected chi connectivity index (χ1v) is 4.16. The number of carbonyl (C=O) groups is 1. The summed E-state index contributed by atoms with van der Waals surface area (Å²) in [7, 11) is 0. The van der Waals surface area contributed by atoms with Crippen LogP contribution in [0.15, 0.2) is 0 Å². The van der Waals surface area contributed by atoms with E-state index in [1.807, 2.05) is 0 Å². The SMILES string of the molecule is C#CC(C)NC(=O)N[C@@H]1C[C@H]1C. The van der Waals surface area contributed by atoms with Gasteiger partial charge in [-0.2, -0.15) is 0 Å². The van der Waals surface area contributed by atoms with Crippen molar-refractivity contribution in [3.63, 3.8) is 0 Å².